The van der Waals surface area contributed by atoms with Gasteiger partial charge in [0, 0.05) is 17.0 Å². The number of hydrogen-bond acceptors (Lipinski definition) is 3. The van der Waals surface area contributed by atoms with E-state index in [1.165, 1.54) is 4.88 Å². The predicted molar refractivity (Wildman–Crippen MR) is 131 cm³/mol. The number of fused-ring (bicyclic) bond motifs is 1. The van der Waals surface area contributed by atoms with Crippen molar-refractivity contribution in [3.05, 3.63) is 87.8 Å². The topological polar surface area (TPSA) is 58.2 Å². The Kier molecular flexibility index (Phi) is 6.47. The summed E-state index contributed by atoms with van der Waals surface area (Å²) in [5.74, 6) is 0.254. The van der Waals surface area contributed by atoms with Crippen LogP contribution in [0.4, 0.5) is 5.00 Å². The number of anilines is 1. The van der Waals surface area contributed by atoms with E-state index in [0.717, 1.165) is 30.4 Å². The summed E-state index contributed by atoms with van der Waals surface area (Å²) in [7, 11) is 0. The van der Waals surface area contributed by atoms with Crippen molar-refractivity contribution >= 4 is 28.2 Å². The Morgan fingerprint density at radius 2 is 1.62 bits per heavy atom. The zero-order valence-corrected chi connectivity index (χ0v) is 19.7. The van der Waals surface area contributed by atoms with E-state index in [1.54, 1.807) is 23.5 Å². The first kappa shape index (κ1) is 22.3. The van der Waals surface area contributed by atoms with Gasteiger partial charge in [0.15, 0.2) is 0 Å². The molecule has 0 aliphatic heterocycles. The van der Waals surface area contributed by atoms with E-state index in [0.29, 0.717) is 28.6 Å². The summed E-state index contributed by atoms with van der Waals surface area (Å²) in [5, 5.41) is 6.75. The minimum atomic E-state index is -0.186. The Balaban J connectivity index is 1.62. The van der Waals surface area contributed by atoms with Crippen molar-refractivity contribution < 1.29 is 9.59 Å². The molecule has 1 aliphatic rings. The van der Waals surface area contributed by atoms with Crippen LogP contribution in [0, 0.1) is 11.3 Å². The van der Waals surface area contributed by atoms with Crippen molar-refractivity contribution in [1.29, 1.82) is 0 Å². The van der Waals surface area contributed by atoms with Gasteiger partial charge in [0.1, 0.15) is 5.00 Å². The lowest BCUT2D eigenvalue weighted by atomic mass is 9.72. The molecule has 0 spiro atoms. The van der Waals surface area contributed by atoms with E-state index in [4.69, 9.17) is 0 Å². The summed E-state index contributed by atoms with van der Waals surface area (Å²) in [6.45, 7) is 7.30. The number of thiophene rings is 1. The molecular weight excluding hydrogens is 416 g/mol. The molecule has 32 heavy (non-hydrogen) atoms. The lowest BCUT2D eigenvalue weighted by Gasteiger charge is -2.33. The number of carbonyl (C=O) groups excluding carboxylic acids is 2. The summed E-state index contributed by atoms with van der Waals surface area (Å²) >= 11 is 1.56. The molecule has 2 amide bonds. The zero-order valence-electron chi connectivity index (χ0n) is 18.9. The van der Waals surface area contributed by atoms with E-state index in [-0.39, 0.29) is 17.2 Å². The number of hydrogen-bond donors (Lipinski definition) is 2. The van der Waals surface area contributed by atoms with Gasteiger partial charge in [-0.3, -0.25) is 9.59 Å². The van der Waals surface area contributed by atoms with E-state index >= 15 is 0 Å². The fourth-order valence-electron chi connectivity index (χ4n) is 4.28. The van der Waals surface area contributed by atoms with Gasteiger partial charge in [0.05, 0.1) is 5.56 Å². The summed E-state index contributed by atoms with van der Waals surface area (Å²) in [6, 6.07) is 19.0. The zero-order chi connectivity index (χ0) is 22.7. The van der Waals surface area contributed by atoms with Gasteiger partial charge in [0.25, 0.3) is 11.8 Å². The van der Waals surface area contributed by atoms with Crippen LogP contribution < -0.4 is 10.6 Å². The van der Waals surface area contributed by atoms with Crippen molar-refractivity contribution in [2.75, 3.05) is 5.32 Å². The van der Waals surface area contributed by atoms with E-state index in [9.17, 15) is 9.59 Å². The van der Waals surface area contributed by atoms with E-state index in [1.807, 2.05) is 48.5 Å². The molecule has 1 atom stereocenters. The van der Waals surface area contributed by atoms with E-state index < -0.39 is 0 Å². The number of benzene rings is 2. The highest BCUT2D eigenvalue weighted by atomic mass is 32.1. The molecule has 0 radical (unpaired) electrons. The van der Waals surface area contributed by atoms with Crippen LogP contribution in [-0.4, -0.2) is 11.8 Å². The highest BCUT2D eigenvalue weighted by molar-refractivity contribution is 7.17. The molecule has 4 nitrogen and oxygen atoms in total. The van der Waals surface area contributed by atoms with Crippen LogP contribution in [0.15, 0.2) is 60.7 Å². The minimum absolute atomic E-state index is 0.121. The second kappa shape index (κ2) is 9.29. The molecule has 0 fully saturated rings. The highest BCUT2D eigenvalue weighted by Gasteiger charge is 2.34. The van der Waals surface area contributed by atoms with Gasteiger partial charge >= 0.3 is 0 Å². The number of nitrogens with one attached hydrogen (secondary N) is 2. The van der Waals surface area contributed by atoms with Crippen LogP contribution in [0.1, 0.15) is 63.9 Å². The molecule has 4 rings (SSSR count). The number of rotatable bonds is 5. The van der Waals surface area contributed by atoms with Crippen molar-refractivity contribution in [1.82, 2.24) is 5.32 Å². The third-order valence-corrected chi connectivity index (χ3v) is 7.45. The molecule has 1 heterocycles. The second-order valence-electron chi connectivity index (χ2n) is 9.50. The Hall–Kier alpha value is -2.92. The average Bonchev–Trinajstić information content (AvgIpc) is 3.15. The third-order valence-electron chi connectivity index (χ3n) is 6.28. The standard InChI is InChI=1S/C27H30N2O2S/c1-27(2,3)20-14-15-21-22(16-20)32-26(29-24(30)19-12-8-5-9-13-19)23(21)25(31)28-17-18-10-6-4-7-11-18/h4-13,20H,14-17H2,1-3H3,(H,28,31)(H,29,30)/t20-/m1/s1. The van der Waals surface area contributed by atoms with Gasteiger partial charge in [-0.1, -0.05) is 69.3 Å². The Morgan fingerprint density at radius 3 is 2.28 bits per heavy atom. The van der Waals surface area contributed by atoms with Gasteiger partial charge in [-0.05, 0) is 53.9 Å². The Bertz CT molecular complexity index is 1100. The van der Waals surface area contributed by atoms with E-state index in [2.05, 4.69) is 31.4 Å². The van der Waals surface area contributed by atoms with Crippen LogP contribution in [0.3, 0.4) is 0 Å². The normalized spacial score (nSPS) is 15.7. The third kappa shape index (κ3) is 4.94. The first-order valence-electron chi connectivity index (χ1n) is 11.2. The second-order valence-corrected chi connectivity index (χ2v) is 10.6. The molecule has 0 saturated heterocycles. The van der Waals surface area contributed by atoms with Gasteiger partial charge in [-0.15, -0.1) is 11.3 Å². The molecule has 1 aromatic heterocycles. The summed E-state index contributed by atoms with van der Waals surface area (Å²) in [5.41, 5.74) is 3.59. The number of carbonyl (C=O) groups is 2. The average molecular weight is 447 g/mol. The quantitative estimate of drug-likeness (QED) is 0.499. The van der Waals surface area contributed by atoms with Crippen molar-refractivity contribution in [3.8, 4) is 0 Å². The van der Waals surface area contributed by atoms with Gasteiger partial charge in [-0.2, -0.15) is 0 Å². The summed E-state index contributed by atoms with van der Waals surface area (Å²) < 4.78 is 0. The maximum absolute atomic E-state index is 13.3. The molecule has 0 saturated carbocycles. The largest absolute Gasteiger partial charge is 0.348 e. The smallest absolute Gasteiger partial charge is 0.256 e. The lowest BCUT2D eigenvalue weighted by molar-refractivity contribution is 0.0950. The van der Waals surface area contributed by atoms with Crippen molar-refractivity contribution in [2.24, 2.45) is 11.3 Å². The van der Waals surface area contributed by atoms with Crippen LogP contribution >= 0.6 is 11.3 Å². The SMILES string of the molecule is CC(C)(C)[C@@H]1CCc2c(sc(NC(=O)c3ccccc3)c2C(=O)NCc2ccccc2)C1. The molecule has 5 heteroatoms. The fourth-order valence-corrected chi connectivity index (χ4v) is 5.60. The molecule has 0 unspecified atom stereocenters. The molecule has 2 aromatic carbocycles. The fraction of sp³-hybridized carbons (Fsp3) is 0.333. The number of amides is 2. The molecule has 166 valence electrons. The molecule has 1 aliphatic carbocycles. The monoisotopic (exact) mass is 446 g/mol. The van der Waals surface area contributed by atoms with Gasteiger partial charge in [0.2, 0.25) is 0 Å². The summed E-state index contributed by atoms with van der Waals surface area (Å²) in [4.78, 5) is 27.4. The van der Waals surface area contributed by atoms with Gasteiger partial charge in [-0.25, -0.2) is 0 Å². The predicted octanol–water partition coefficient (Wildman–Crippen LogP) is 6.08. The highest BCUT2D eigenvalue weighted by Crippen LogP contribution is 2.44. The molecule has 2 N–H and O–H groups in total. The lowest BCUT2D eigenvalue weighted by Crippen LogP contribution is -2.28. The maximum Gasteiger partial charge on any atom is 0.256 e. The maximum atomic E-state index is 13.3. The van der Waals surface area contributed by atoms with Crippen molar-refractivity contribution in [2.45, 2.75) is 46.6 Å². The van der Waals surface area contributed by atoms with Crippen LogP contribution in [0.5, 0.6) is 0 Å². The van der Waals surface area contributed by atoms with Gasteiger partial charge < -0.3 is 10.6 Å². The Labute approximate surface area is 194 Å². The first-order valence-corrected chi connectivity index (χ1v) is 12.0. The first-order chi connectivity index (χ1) is 15.3. The van der Waals surface area contributed by atoms with Crippen LogP contribution in [0.25, 0.3) is 0 Å². The van der Waals surface area contributed by atoms with Crippen molar-refractivity contribution in [3.63, 3.8) is 0 Å². The van der Waals surface area contributed by atoms with Crippen LogP contribution in [0.2, 0.25) is 0 Å². The van der Waals surface area contributed by atoms with Crippen LogP contribution in [-0.2, 0) is 19.4 Å². The molecule has 0 bridgehead atoms. The molecular formula is C27H30N2O2S. The minimum Gasteiger partial charge on any atom is -0.348 e. The molecule has 3 aromatic rings. The Morgan fingerprint density at radius 1 is 0.969 bits per heavy atom. The summed E-state index contributed by atoms with van der Waals surface area (Å²) in [6.07, 6.45) is 2.87.